The number of hydrogen-bond acceptors (Lipinski definition) is 7. The first-order chi connectivity index (χ1) is 16.6. The summed E-state index contributed by atoms with van der Waals surface area (Å²) < 4.78 is 21.9. The van der Waals surface area contributed by atoms with Crippen molar-refractivity contribution >= 4 is 17.7 Å². The van der Waals surface area contributed by atoms with Crippen molar-refractivity contribution in [3.63, 3.8) is 0 Å². The van der Waals surface area contributed by atoms with E-state index < -0.39 is 0 Å². The normalized spacial score (nSPS) is 21.1. The maximum Gasteiger partial charge on any atom is 0.233 e. The molecule has 0 aliphatic carbocycles. The summed E-state index contributed by atoms with van der Waals surface area (Å²) in [7, 11) is 0. The van der Waals surface area contributed by atoms with Crippen molar-refractivity contribution < 1.29 is 33.3 Å². The highest BCUT2D eigenvalue weighted by molar-refractivity contribution is 6.03. The van der Waals surface area contributed by atoms with Crippen molar-refractivity contribution in [2.75, 3.05) is 72.5 Å². The second kappa shape index (κ2) is 14.9. The first-order valence-electron chi connectivity index (χ1n) is 13.0. The summed E-state index contributed by atoms with van der Waals surface area (Å²) in [5.41, 5.74) is -0.214. The van der Waals surface area contributed by atoms with Crippen molar-refractivity contribution in [3.8, 4) is 0 Å². The zero-order valence-electron chi connectivity index (χ0n) is 22.4. The van der Waals surface area contributed by atoms with Gasteiger partial charge in [-0.05, 0) is 23.7 Å². The summed E-state index contributed by atoms with van der Waals surface area (Å²) in [6.07, 6.45) is 1.81. The van der Waals surface area contributed by atoms with Crippen molar-refractivity contribution in [3.05, 3.63) is 0 Å². The monoisotopic (exact) mass is 498 g/mol. The molecule has 2 atom stereocenters. The van der Waals surface area contributed by atoms with Gasteiger partial charge >= 0.3 is 0 Å². The maximum atomic E-state index is 12.4. The molecule has 3 amide bonds. The third-order valence-electron chi connectivity index (χ3n) is 6.85. The Bertz CT molecular complexity index is 677. The minimum atomic E-state index is -0.251. The van der Waals surface area contributed by atoms with Crippen LogP contribution in [0.5, 0.6) is 0 Å². The van der Waals surface area contributed by atoms with Gasteiger partial charge in [0.05, 0.1) is 71.7 Å². The third-order valence-corrected chi connectivity index (χ3v) is 6.85. The minimum absolute atomic E-state index is 0.0959. The lowest BCUT2D eigenvalue weighted by Gasteiger charge is -2.24. The Kier molecular flexibility index (Phi) is 12.6. The first kappa shape index (κ1) is 29.7. The van der Waals surface area contributed by atoms with Crippen LogP contribution in [0, 0.1) is 23.2 Å². The van der Waals surface area contributed by atoms with Crippen LogP contribution in [0.15, 0.2) is 0 Å². The molecule has 9 nitrogen and oxygen atoms in total. The SMILES string of the molecule is CC(C)C1CCN(C(=O)CCOCCOCCOCCOCCN2C(=O)CC(C(C)(C)C)C2=O)C1. The van der Waals surface area contributed by atoms with Crippen LogP contribution in [0.1, 0.15) is 53.9 Å². The van der Waals surface area contributed by atoms with Gasteiger partial charge in [-0.1, -0.05) is 34.6 Å². The summed E-state index contributed by atoms with van der Waals surface area (Å²) in [6.45, 7) is 15.8. The van der Waals surface area contributed by atoms with E-state index in [1.54, 1.807) is 0 Å². The fraction of sp³-hybridized carbons (Fsp3) is 0.885. The van der Waals surface area contributed by atoms with Crippen LogP contribution in [-0.4, -0.2) is 100 Å². The van der Waals surface area contributed by atoms with Gasteiger partial charge in [0, 0.05) is 19.5 Å². The molecule has 2 unspecified atom stereocenters. The van der Waals surface area contributed by atoms with E-state index in [0.29, 0.717) is 71.1 Å². The predicted molar refractivity (Wildman–Crippen MR) is 132 cm³/mol. The molecule has 2 rings (SSSR count). The van der Waals surface area contributed by atoms with Gasteiger partial charge in [0.15, 0.2) is 0 Å². The summed E-state index contributed by atoms with van der Waals surface area (Å²) in [4.78, 5) is 40.0. The highest BCUT2D eigenvalue weighted by Gasteiger charge is 2.44. The number of nitrogens with zero attached hydrogens (tertiary/aromatic N) is 2. The van der Waals surface area contributed by atoms with Crippen molar-refractivity contribution in [1.29, 1.82) is 0 Å². The van der Waals surface area contributed by atoms with Crippen LogP contribution < -0.4 is 0 Å². The summed E-state index contributed by atoms with van der Waals surface area (Å²) in [6, 6.07) is 0. The molecule has 2 aliphatic rings. The van der Waals surface area contributed by atoms with Gasteiger partial charge in [-0.3, -0.25) is 19.3 Å². The van der Waals surface area contributed by atoms with Gasteiger partial charge in [-0.2, -0.15) is 0 Å². The molecule has 0 radical (unpaired) electrons. The zero-order chi connectivity index (χ0) is 25.8. The largest absolute Gasteiger partial charge is 0.379 e. The second-order valence-electron chi connectivity index (χ2n) is 10.8. The highest BCUT2D eigenvalue weighted by atomic mass is 16.6. The highest BCUT2D eigenvalue weighted by Crippen LogP contribution is 2.35. The minimum Gasteiger partial charge on any atom is -0.379 e. The van der Waals surface area contributed by atoms with Crippen LogP contribution in [0.3, 0.4) is 0 Å². The standard InChI is InChI=1S/C26H46N2O7/c1-20(2)21-6-8-27(19-21)23(29)7-10-32-12-14-34-16-17-35-15-13-33-11-9-28-24(30)18-22(25(28)31)26(3,4)5/h20-22H,6-19H2,1-5H3. The number of rotatable bonds is 16. The lowest BCUT2D eigenvalue weighted by atomic mass is 9.80. The lowest BCUT2D eigenvalue weighted by molar-refractivity contribution is -0.141. The van der Waals surface area contributed by atoms with Crippen molar-refractivity contribution in [2.45, 2.75) is 53.9 Å². The second-order valence-corrected chi connectivity index (χ2v) is 10.8. The average molecular weight is 499 g/mol. The smallest absolute Gasteiger partial charge is 0.233 e. The summed E-state index contributed by atoms with van der Waals surface area (Å²) in [5.74, 6) is 0.958. The molecule has 0 saturated carbocycles. The number of amides is 3. The number of carbonyl (C=O) groups is 3. The molecule has 2 heterocycles. The number of hydrogen-bond donors (Lipinski definition) is 0. The molecular weight excluding hydrogens is 452 g/mol. The van der Waals surface area contributed by atoms with Gasteiger partial charge in [0.1, 0.15) is 0 Å². The van der Waals surface area contributed by atoms with Gasteiger partial charge in [0.25, 0.3) is 0 Å². The van der Waals surface area contributed by atoms with E-state index in [9.17, 15) is 14.4 Å². The number of likely N-dealkylation sites (tertiary alicyclic amines) is 2. The number of carbonyl (C=O) groups excluding carboxylic acids is 3. The Morgan fingerprint density at radius 1 is 0.914 bits per heavy atom. The first-order valence-corrected chi connectivity index (χ1v) is 13.0. The Morgan fingerprint density at radius 3 is 1.94 bits per heavy atom. The molecule has 0 aromatic carbocycles. The van der Waals surface area contributed by atoms with E-state index in [1.807, 2.05) is 25.7 Å². The zero-order valence-corrected chi connectivity index (χ0v) is 22.4. The van der Waals surface area contributed by atoms with Crippen LogP contribution in [0.25, 0.3) is 0 Å². The molecule has 9 heteroatoms. The molecule has 2 fully saturated rings. The Labute approximate surface area is 210 Å². The molecular formula is C26H46N2O7. The van der Waals surface area contributed by atoms with E-state index >= 15 is 0 Å². The van der Waals surface area contributed by atoms with Crippen LogP contribution in [0.2, 0.25) is 0 Å². The van der Waals surface area contributed by atoms with Crippen LogP contribution in [-0.2, 0) is 33.3 Å². The quantitative estimate of drug-likeness (QED) is 0.238. The molecule has 0 N–H and O–H groups in total. The maximum absolute atomic E-state index is 12.4. The summed E-state index contributed by atoms with van der Waals surface area (Å²) >= 11 is 0. The molecule has 2 aliphatic heterocycles. The fourth-order valence-electron chi connectivity index (χ4n) is 4.39. The molecule has 0 spiro atoms. The molecule has 0 bridgehead atoms. The molecule has 0 aromatic rings. The van der Waals surface area contributed by atoms with E-state index in [2.05, 4.69) is 13.8 Å². The van der Waals surface area contributed by atoms with E-state index in [1.165, 1.54) is 4.90 Å². The van der Waals surface area contributed by atoms with E-state index in [0.717, 1.165) is 19.5 Å². The fourth-order valence-corrected chi connectivity index (χ4v) is 4.39. The van der Waals surface area contributed by atoms with Crippen LogP contribution >= 0.6 is 0 Å². The lowest BCUT2D eigenvalue weighted by Crippen LogP contribution is -2.36. The topological polar surface area (TPSA) is 94.6 Å². The Hall–Kier alpha value is -1.55. The Balaban J connectivity index is 1.36. The van der Waals surface area contributed by atoms with Gasteiger partial charge in [-0.15, -0.1) is 0 Å². The van der Waals surface area contributed by atoms with Crippen molar-refractivity contribution in [2.24, 2.45) is 23.2 Å². The van der Waals surface area contributed by atoms with Gasteiger partial charge < -0.3 is 23.8 Å². The number of imide groups is 1. The van der Waals surface area contributed by atoms with E-state index in [-0.39, 0.29) is 42.0 Å². The molecule has 2 saturated heterocycles. The van der Waals surface area contributed by atoms with E-state index in [4.69, 9.17) is 18.9 Å². The molecule has 35 heavy (non-hydrogen) atoms. The van der Waals surface area contributed by atoms with Gasteiger partial charge in [-0.25, -0.2) is 0 Å². The van der Waals surface area contributed by atoms with Crippen LogP contribution in [0.4, 0.5) is 0 Å². The summed E-state index contributed by atoms with van der Waals surface area (Å²) in [5, 5.41) is 0. The molecule has 202 valence electrons. The predicted octanol–water partition coefficient (Wildman–Crippen LogP) is 2.37. The Morgan fingerprint density at radius 2 is 1.46 bits per heavy atom. The average Bonchev–Trinajstić information content (AvgIpc) is 3.39. The number of ether oxygens (including phenoxy) is 4. The van der Waals surface area contributed by atoms with Crippen molar-refractivity contribution in [1.82, 2.24) is 9.80 Å². The van der Waals surface area contributed by atoms with Gasteiger partial charge in [0.2, 0.25) is 17.7 Å². The third kappa shape index (κ3) is 10.1. The molecule has 0 aromatic heterocycles.